The van der Waals surface area contributed by atoms with Gasteiger partial charge in [0.1, 0.15) is 11.6 Å². The largest absolute Gasteiger partial charge is 0.495 e. The number of benzene rings is 4. The van der Waals surface area contributed by atoms with Gasteiger partial charge in [-0.25, -0.2) is 9.78 Å². The van der Waals surface area contributed by atoms with E-state index in [1.165, 1.54) is 0 Å². The normalized spacial score (nSPS) is 11.7. The van der Waals surface area contributed by atoms with E-state index in [4.69, 9.17) is 9.72 Å². The van der Waals surface area contributed by atoms with Crippen LogP contribution in [0.5, 0.6) is 5.75 Å². The fraction of sp³-hybridized carbons (Fsp3) is 0.156. The lowest BCUT2D eigenvalue weighted by atomic mass is 10.1. The van der Waals surface area contributed by atoms with Crippen molar-refractivity contribution in [1.29, 1.82) is 0 Å². The number of nitrogens with one attached hydrogen (secondary N) is 1. The van der Waals surface area contributed by atoms with Gasteiger partial charge in [-0.2, -0.15) is 0 Å². The van der Waals surface area contributed by atoms with Crippen LogP contribution in [0, 0.1) is 0 Å². The van der Waals surface area contributed by atoms with Gasteiger partial charge in [0.05, 0.1) is 29.7 Å². The Hall–Kier alpha value is -4.43. The molecule has 0 aliphatic rings. The van der Waals surface area contributed by atoms with Gasteiger partial charge < -0.3 is 15.0 Å². The van der Waals surface area contributed by atoms with Crippen LogP contribution in [-0.4, -0.2) is 27.6 Å². The number of urea groups is 1. The Labute approximate surface area is 241 Å². The highest BCUT2D eigenvalue weighted by Crippen LogP contribution is 2.31. The zero-order valence-electron chi connectivity index (χ0n) is 22.3. The number of para-hydroxylation sites is 3. The minimum absolute atomic E-state index is 0.226. The van der Waals surface area contributed by atoms with Crippen molar-refractivity contribution >= 4 is 38.6 Å². The number of halogens is 1. The molecule has 0 aliphatic carbocycles. The number of hydrogen-bond acceptors (Lipinski definition) is 4. The monoisotopic (exact) mass is 596 g/mol. The number of anilines is 1. The predicted molar refractivity (Wildman–Crippen MR) is 162 cm³/mol. The first-order chi connectivity index (χ1) is 19.5. The van der Waals surface area contributed by atoms with Crippen molar-refractivity contribution in [3.8, 4) is 11.4 Å². The first kappa shape index (κ1) is 27.1. The smallest absolute Gasteiger partial charge is 0.322 e. The van der Waals surface area contributed by atoms with Crippen LogP contribution in [0.25, 0.3) is 16.6 Å². The molecule has 0 saturated heterocycles. The Bertz CT molecular complexity index is 1700. The summed E-state index contributed by atoms with van der Waals surface area (Å²) >= 11 is 3.48. The number of rotatable bonds is 8. The van der Waals surface area contributed by atoms with E-state index in [0.717, 1.165) is 10.0 Å². The van der Waals surface area contributed by atoms with Crippen molar-refractivity contribution in [3.05, 3.63) is 129 Å². The van der Waals surface area contributed by atoms with E-state index in [1.807, 2.05) is 104 Å². The molecule has 0 fully saturated rings. The van der Waals surface area contributed by atoms with Gasteiger partial charge in [0, 0.05) is 16.7 Å². The topological polar surface area (TPSA) is 76.5 Å². The predicted octanol–water partition coefficient (Wildman–Crippen LogP) is 7.34. The van der Waals surface area contributed by atoms with Gasteiger partial charge >= 0.3 is 6.03 Å². The number of methoxy groups -OCH3 is 1. The summed E-state index contributed by atoms with van der Waals surface area (Å²) in [5.74, 6) is 0.988. The molecule has 2 amide bonds. The highest BCUT2D eigenvalue weighted by atomic mass is 79.9. The van der Waals surface area contributed by atoms with Crippen LogP contribution in [0.2, 0.25) is 0 Å². The van der Waals surface area contributed by atoms with Crippen LogP contribution >= 0.6 is 15.9 Å². The average molecular weight is 598 g/mol. The Morgan fingerprint density at radius 2 is 1.70 bits per heavy atom. The molecule has 5 rings (SSSR count). The summed E-state index contributed by atoms with van der Waals surface area (Å²) in [6.45, 7) is 2.30. The van der Waals surface area contributed by atoms with Crippen LogP contribution in [0.3, 0.4) is 0 Å². The van der Waals surface area contributed by atoms with Gasteiger partial charge in [0.15, 0.2) is 0 Å². The van der Waals surface area contributed by atoms with Gasteiger partial charge in [-0.1, -0.05) is 83.5 Å². The third-order valence-corrected chi connectivity index (χ3v) is 7.21. The number of ether oxygens (including phenoxy) is 1. The lowest BCUT2D eigenvalue weighted by Crippen LogP contribution is -2.40. The minimum atomic E-state index is -0.547. The minimum Gasteiger partial charge on any atom is -0.495 e. The fourth-order valence-corrected chi connectivity index (χ4v) is 5.23. The van der Waals surface area contributed by atoms with Gasteiger partial charge in [0.2, 0.25) is 0 Å². The standard InChI is InChI=1S/C32H29BrN4O3/c1-3-27(36(21-22-12-5-4-6-13-22)32(39)34-24-15-11-14-23(33)20-24)30-35-26-17-8-7-16-25(26)31(38)37(30)28-18-9-10-19-29(28)40-2/h4-20,27H,3,21H2,1-2H3,(H,34,39). The number of amides is 2. The fourth-order valence-electron chi connectivity index (χ4n) is 4.83. The van der Waals surface area contributed by atoms with Crippen molar-refractivity contribution in [2.45, 2.75) is 25.9 Å². The molecule has 1 N–H and O–H groups in total. The van der Waals surface area contributed by atoms with E-state index in [-0.39, 0.29) is 11.6 Å². The van der Waals surface area contributed by atoms with Crippen molar-refractivity contribution < 1.29 is 9.53 Å². The third-order valence-electron chi connectivity index (χ3n) is 6.72. The molecule has 0 radical (unpaired) electrons. The second kappa shape index (κ2) is 12.2. The van der Waals surface area contributed by atoms with E-state index >= 15 is 0 Å². The average Bonchev–Trinajstić information content (AvgIpc) is 2.98. The molecule has 4 aromatic carbocycles. The summed E-state index contributed by atoms with van der Waals surface area (Å²) in [4.78, 5) is 34.8. The molecule has 1 aromatic heterocycles. The number of aromatic nitrogens is 2. The lowest BCUT2D eigenvalue weighted by Gasteiger charge is -2.32. The second-order valence-corrected chi connectivity index (χ2v) is 10.2. The van der Waals surface area contributed by atoms with E-state index in [0.29, 0.717) is 46.8 Å². The quantitative estimate of drug-likeness (QED) is 0.203. The maximum absolute atomic E-state index is 14.1. The molecule has 7 nitrogen and oxygen atoms in total. The molecule has 0 saturated carbocycles. The number of carbonyl (C=O) groups excluding carboxylic acids is 1. The van der Waals surface area contributed by atoms with Crippen molar-refractivity contribution in [2.24, 2.45) is 0 Å². The first-order valence-electron chi connectivity index (χ1n) is 13.0. The van der Waals surface area contributed by atoms with Crippen molar-refractivity contribution in [2.75, 3.05) is 12.4 Å². The van der Waals surface area contributed by atoms with Gasteiger partial charge in [-0.05, 0) is 54.4 Å². The number of hydrogen-bond donors (Lipinski definition) is 1. The highest BCUT2D eigenvalue weighted by molar-refractivity contribution is 9.10. The molecule has 1 unspecified atom stereocenters. The maximum atomic E-state index is 14.1. The molecular formula is C32H29BrN4O3. The zero-order valence-corrected chi connectivity index (χ0v) is 23.8. The van der Waals surface area contributed by atoms with Crippen LogP contribution < -0.4 is 15.6 Å². The van der Waals surface area contributed by atoms with Crippen molar-refractivity contribution in [3.63, 3.8) is 0 Å². The third kappa shape index (κ3) is 5.62. The summed E-state index contributed by atoms with van der Waals surface area (Å²) in [5, 5.41) is 3.52. The number of carbonyl (C=O) groups is 1. The Morgan fingerprint density at radius 1 is 0.975 bits per heavy atom. The summed E-state index contributed by atoms with van der Waals surface area (Å²) in [6, 6.07) is 31.0. The molecule has 1 heterocycles. The molecule has 8 heteroatoms. The van der Waals surface area contributed by atoms with Crippen molar-refractivity contribution in [1.82, 2.24) is 14.5 Å². The highest BCUT2D eigenvalue weighted by Gasteiger charge is 2.30. The molecule has 0 bridgehead atoms. The summed E-state index contributed by atoms with van der Waals surface area (Å²) in [6.07, 6.45) is 0.513. The van der Waals surface area contributed by atoms with Gasteiger partial charge in [0.25, 0.3) is 5.56 Å². The molecule has 202 valence electrons. The molecule has 40 heavy (non-hydrogen) atoms. The summed E-state index contributed by atoms with van der Waals surface area (Å²) < 4.78 is 8.08. The van der Waals surface area contributed by atoms with Crippen LogP contribution in [0.4, 0.5) is 10.5 Å². The molecule has 0 aliphatic heterocycles. The van der Waals surface area contributed by atoms with E-state index in [1.54, 1.807) is 22.6 Å². The Morgan fingerprint density at radius 3 is 2.45 bits per heavy atom. The number of fused-ring (bicyclic) bond motifs is 1. The van der Waals surface area contributed by atoms with Gasteiger partial charge in [-0.15, -0.1) is 0 Å². The zero-order chi connectivity index (χ0) is 28.1. The van der Waals surface area contributed by atoms with Gasteiger partial charge in [-0.3, -0.25) is 9.36 Å². The first-order valence-corrected chi connectivity index (χ1v) is 13.8. The molecule has 1 atom stereocenters. The second-order valence-electron chi connectivity index (χ2n) is 9.28. The number of nitrogens with zero attached hydrogens (tertiary/aromatic N) is 3. The maximum Gasteiger partial charge on any atom is 0.322 e. The lowest BCUT2D eigenvalue weighted by molar-refractivity contribution is 0.177. The SMILES string of the molecule is CCC(c1nc2ccccc2c(=O)n1-c1ccccc1OC)N(Cc1ccccc1)C(=O)Nc1cccc(Br)c1. The van der Waals surface area contributed by atoms with E-state index < -0.39 is 6.04 Å². The van der Waals surface area contributed by atoms with Crippen LogP contribution in [-0.2, 0) is 6.54 Å². The van der Waals surface area contributed by atoms with E-state index in [2.05, 4.69) is 21.2 Å². The Kier molecular flexibility index (Phi) is 8.26. The van der Waals surface area contributed by atoms with Crippen LogP contribution in [0.15, 0.2) is 112 Å². The summed E-state index contributed by atoms with van der Waals surface area (Å²) in [5.41, 5.74) is 2.52. The molecular weight excluding hydrogens is 568 g/mol. The molecule has 5 aromatic rings. The molecule has 0 spiro atoms. The van der Waals surface area contributed by atoms with E-state index in [9.17, 15) is 9.59 Å². The van der Waals surface area contributed by atoms with Crippen LogP contribution in [0.1, 0.15) is 30.8 Å². The Balaban J connectivity index is 1.70. The summed E-state index contributed by atoms with van der Waals surface area (Å²) in [7, 11) is 1.57.